The zero-order chi connectivity index (χ0) is 14.3. The molecule has 21 heteroatoms. The van der Waals surface area contributed by atoms with Gasteiger partial charge in [0.25, 0.3) is 0 Å². The molecule has 0 aromatic rings. The first kappa shape index (κ1) is 56.3. The van der Waals surface area contributed by atoms with Gasteiger partial charge in [0.2, 0.25) is 0 Å². The van der Waals surface area contributed by atoms with Crippen LogP contribution in [0.1, 0.15) is 0 Å². The normalized spacial score (nSPS) is 5.14. The zero-order valence-electron chi connectivity index (χ0n) is 10.8. The van der Waals surface area contributed by atoms with Gasteiger partial charge in [-0.05, 0) is 0 Å². The topological polar surface area (TPSA) is 271 Å². The summed E-state index contributed by atoms with van der Waals surface area (Å²) in [5, 5.41) is 98.5. The van der Waals surface area contributed by atoms with Crippen molar-refractivity contribution in [2.24, 2.45) is 0 Å². The van der Waals surface area contributed by atoms with Crippen LogP contribution in [0.3, 0.4) is 0 Å². The van der Waals surface area contributed by atoms with Gasteiger partial charge in [0, 0.05) is 0 Å². The first-order valence-corrected chi connectivity index (χ1v) is 2.87. The molecule has 0 amide bonds. The fourth-order valence-corrected chi connectivity index (χ4v) is 0. The van der Waals surface area contributed by atoms with Crippen molar-refractivity contribution in [3.8, 4) is 0 Å². The van der Waals surface area contributed by atoms with Crippen molar-refractivity contribution in [3.63, 3.8) is 0 Å². The average molecular weight is 359 g/mol. The van der Waals surface area contributed by atoms with Gasteiger partial charge in [-0.15, -0.1) is 0 Å². The summed E-state index contributed by atoms with van der Waals surface area (Å²) in [6, 6.07) is 0. The van der Waals surface area contributed by atoms with E-state index in [-0.39, 0.29) is 115 Å². The van der Waals surface area contributed by atoms with Gasteiger partial charge < -0.3 is 60.3 Å². The Labute approximate surface area is 202 Å². The van der Waals surface area contributed by atoms with Crippen LogP contribution in [0.4, 0.5) is 0 Å². The van der Waals surface area contributed by atoms with Gasteiger partial charge >= 0.3 is 123 Å². The molecule has 2 N–H and O–H groups in total. The van der Waals surface area contributed by atoms with Crippen molar-refractivity contribution in [2.75, 3.05) is 0 Å². The Morgan fingerprint density at radius 3 is 0.381 bits per heavy atom. The van der Waals surface area contributed by atoms with Crippen LogP contribution < -0.4 is 50.2 Å². The molecule has 0 aliphatic rings. The van der Waals surface area contributed by atoms with Crippen molar-refractivity contribution < 1.29 is 60.3 Å². The third kappa shape index (κ3) is 846. The van der Waals surface area contributed by atoms with Crippen molar-refractivity contribution >= 4 is 145 Å². The molecule has 0 aliphatic carbocycles. The van der Waals surface area contributed by atoms with Gasteiger partial charge in [0.05, 0.1) is 0 Å². The Balaban J connectivity index is -0.0000000121. The van der Waals surface area contributed by atoms with Crippen LogP contribution in [-0.4, -0.2) is 155 Å². The largest absolute Gasteiger partial charge is 2.00 e. The van der Waals surface area contributed by atoms with E-state index in [4.69, 9.17) is 60.3 Å². The first-order valence-electron chi connectivity index (χ1n) is 2.87. The van der Waals surface area contributed by atoms with E-state index in [1.165, 1.54) is 0 Å². The van der Waals surface area contributed by atoms with Crippen LogP contribution in [0.25, 0.3) is 0 Å². The van der Waals surface area contributed by atoms with Crippen LogP contribution in [0.5, 0.6) is 0 Å². The standard InChI is InChI=1S/BH2O3.3BO3.5Mg/c4*2-1(3)4;;;;;/h2-3H;;;;;;;;/q-1;3*-3;5*+2. The van der Waals surface area contributed by atoms with Crippen molar-refractivity contribution in [2.45, 2.75) is 0 Å². The van der Waals surface area contributed by atoms with E-state index < -0.39 is 29.3 Å². The summed E-state index contributed by atoms with van der Waals surface area (Å²) in [4.78, 5) is 0. The smallest absolute Gasteiger partial charge is 0.907 e. The van der Waals surface area contributed by atoms with Crippen LogP contribution in [0.15, 0.2) is 0 Å². The maximum Gasteiger partial charge on any atom is 2.00 e. The third-order valence-electron chi connectivity index (χ3n) is 0. The summed E-state index contributed by atoms with van der Waals surface area (Å²) in [5.41, 5.74) is 0. The molecule has 0 spiro atoms. The second-order valence-electron chi connectivity index (χ2n) is 1.19. The Kier molecular flexibility index (Phi) is 133. The monoisotopic (exact) mass is 358 g/mol. The van der Waals surface area contributed by atoms with E-state index in [0.29, 0.717) is 0 Å². The molecule has 0 saturated carbocycles. The van der Waals surface area contributed by atoms with Gasteiger partial charge in [-0.1, -0.05) is 0 Å². The van der Waals surface area contributed by atoms with E-state index in [1.54, 1.807) is 0 Å². The predicted molar refractivity (Wildman–Crippen MR) is 56.2 cm³/mol. The van der Waals surface area contributed by atoms with E-state index in [1.807, 2.05) is 0 Å². The fourth-order valence-electron chi connectivity index (χ4n) is 0. The SMILES string of the molecule is [Mg+2].[Mg+2].[Mg+2].[Mg+2].[Mg+2].[O-]B(O)O.[O-]B([O-])[O-].[O-]B([O-])[O-].[O-]B([O-])[O-]. The van der Waals surface area contributed by atoms with E-state index in [2.05, 4.69) is 0 Å². The molecule has 0 unspecified atom stereocenters. The average Bonchev–Trinajstić information content (AvgIpc) is 1.76. The molecule has 0 radical (unpaired) electrons. The van der Waals surface area contributed by atoms with Gasteiger partial charge in [-0.3, -0.25) is 22.0 Å². The molecule has 0 heterocycles. The van der Waals surface area contributed by atoms with Crippen LogP contribution in [0.2, 0.25) is 0 Å². The number of hydrogen-bond acceptors (Lipinski definition) is 12. The minimum absolute atomic E-state index is 0. The summed E-state index contributed by atoms with van der Waals surface area (Å²) in [5.74, 6) is 0. The molecule has 0 rings (SSSR count). The molecular formula is H2B4Mg5O12. The van der Waals surface area contributed by atoms with Crippen LogP contribution in [-0.2, 0) is 0 Å². The molecule has 0 fully saturated rings. The second kappa shape index (κ2) is 49.5. The summed E-state index contributed by atoms with van der Waals surface area (Å²) >= 11 is 0. The quantitative estimate of drug-likeness (QED) is 0.381. The van der Waals surface area contributed by atoms with Gasteiger partial charge in [0.15, 0.2) is 0 Å². The van der Waals surface area contributed by atoms with Gasteiger partial charge in [-0.25, -0.2) is 0 Å². The molecule has 0 atom stereocenters. The van der Waals surface area contributed by atoms with Crippen LogP contribution >= 0.6 is 0 Å². The third-order valence-corrected chi connectivity index (χ3v) is 0. The molecule has 21 heavy (non-hydrogen) atoms. The number of rotatable bonds is 0. The molecular weight excluding hydrogens is 357 g/mol. The molecule has 0 aromatic heterocycles. The van der Waals surface area contributed by atoms with Gasteiger partial charge in [0.1, 0.15) is 0 Å². The van der Waals surface area contributed by atoms with E-state index in [0.717, 1.165) is 0 Å². The van der Waals surface area contributed by atoms with Crippen molar-refractivity contribution in [1.29, 1.82) is 0 Å². The Bertz CT molecular complexity index is 72.6. The van der Waals surface area contributed by atoms with Crippen molar-refractivity contribution in [3.05, 3.63) is 0 Å². The van der Waals surface area contributed by atoms with Crippen LogP contribution in [0, 0.1) is 0 Å². The Hall–Kier alpha value is 3.61. The maximum absolute atomic E-state index is 8.64. The Morgan fingerprint density at radius 1 is 0.381 bits per heavy atom. The first-order chi connectivity index (χ1) is 6.93. The molecule has 0 aromatic carbocycles. The summed E-state index contributed by atoms with van der Waals surface area (Å²) < 4.78 is 0. The zero-order valence-corrected chi connectivity index (χ0v) is 17.9. The minimum Gasteiger partial charge on any atom is -0.907 e. The summed E-state index contributed by atoms with van der Waals surface area (Å²) in [6.07, 6.45) is 0. The minimum atomic E-state index is -2.92. The predicted octanol–water partition coefficient (Wildman–Crippen LogP) is -16.4. The summed E-state index contributed by atoms with van der Waals surface area (Å²) in [7, 11) is -11.2. The van der Waals surface area contributed by atoms with E-state index in [9.17, 15) is 0 Å². The molecule has 12 nitrogen and oxygen atoms in total. The molecule has 96 valence electrons. The van der Waals surface area contributed by atoms with Crippen molar-refractivity contribution in [1.82, 2.24) is 0 Å². The fraction of sp³-hybridized carbons (Fsp3) is 0. The Morgan fingerprint density at radius 2 is 0.381 bits per heavy atom. The number of hydrogen-bond donors (Lipinski definition) is 2. The van der Waals surface area contributed by atoms with E-state index >= 15 is 0 Å². The maximum atomic E-state index is 8.64. The molecule has 0 saturated heterocycles. The molecule has 0 aliphatic heterocycles. The second-order valence-corrected chi connectivity index (χ2v) is 1.19. The van der Waals surface area contributed by atoms with Gasteiger partial charge in [-0.2, -0.15) is 0 Å². The molecule has 0 bridgehead atoms. The summed E-state index contributed by atoms with van der Waals surface area (Å²) in [6.45, 7) is 0.